The molecule has 46 heavy (non-hydrogen) atoms. The maximum absolute atomic E-state index is 10.2. The molecule has 0 spiro atoms. The van der Waals surface area contributed by atoms with Gasteiger partial charge in [-0.1, -0.05) is 86.6 Å². The minimum absolute atomic E-state index is 0.246. The number of nitrogens with zero attached hydrogens (tertiary/aromatic N) is 4. The highest BCUT2D eigenvalue weighted by Crippen LogP contribution is 2.51. The number of fused-ring (bicyclic) bond motifs is 4. The van der Waals surface area contributed by atoms with Crippen molar-refractivity contribution < 1.29 is 0 Å². The van der Waals surface area contributed by atoms with Crippen LogP contribution in [0.15, 0.2) is 133 Å². The van der Waals surface area contributed by atoms with Gasteiger partial charge < -0.3 is 9.80 Å². The highest BCUT2D eigenvalue weighted by molar-refractivity contribution is 5.89. The topological polar surface area (TPSA) is 54.1 Å². The van der Waals surface area contributed by atoms with Crippen molar-refractivity contribution in [3.63, 3.8) is 0 Å². The lowest BCUT2D eigenvalue weighted by Crippen LogP contribution is -2.20. The van der Waals surface area contributed by atoms with Gasteiger partial charge in [-0.15, -0.1) is 0 Å². The molecule has 0 saturated carbocycles. The van der Waals surface area contributed by atoms with Crippen molar-refractivity contribution in [3.8, 4) is 23.3 Å². The van der Waals surface area contributed by atoms with Gasteiger partial charge in [0.05, 0.1) is 23.3 Å². The van der Waals surface area contributed by atoms with Crippen LogP contribution in [0, 0.1) is 22.7 Å². The van der Waals surface area contributed by atoms with Gasteiger partial charge in [-0.2, -0.15) is 10.5 Å². The van der Waals surface area contributed by atoms with Gasteiger partial charge in [0.15, 0.2) is 0 Å². The number of hydrogen-bond donors (Lipinski definition) is 0. The number of nitriles is 2. The lowest BCUT2D eigenvalue weighted by molar-refractivity contribution is 0.891. The van der Waals surface area contributed by atoms with Crippen LogP contribution in [0.5, 0.6) is 0 Å². The fraction of sp³-hybridized carbons (Fsp3) is 0.0952. The van der Waals surface area contributed by atoms with Gasteiger partial charge in [-0.05, 0) is 94.0 Å². The third kappa shape index (κ3) is 4.27. The quantitative estimate of drug-likeness (QED) is 0.206. The minimum atomic E-state index is 0.246. The zero-order chi connectivity index (χ0) is 31.4. The summed E-state index contributed by atoms with van der Waals surface area (Å²) in [6.07, 6.45) is 0. The Bertz CT molecular complexity index is 2000. The van der Waals surface area contributed by atoms with Gasteiger partial charge in [0.2, 0.25) is 0 Å². The highest BCUT2D eigenvalue weighted by Gasteiger charge is 2.30. The van der Waals surface area contributed by atoms with Crippen LogP contribution in [-0.2, 0) is 0 Å². The van der Waals surface area contributed by atoms with Crippen LogP contribution in [0.2, 0.25) is 0 Å². The van der Waals surface area contributed by atoms with Crippen molar-refractivity contribution in [3.05, 3.63) is 167 Å². The maximum atomic E-state index is 10.2. The van der Waals surface area contributed by atoms with E-state index < -0.39 is 0 Å². The number of hydrogen-bond acceptors (Lipinski definition) is 4. The lowest BCUT2D eigenvalue weighted by atomic mass is 9.85. The Morgan fingerprint density at radius 3 is 1.04 bits per heavy atom. The zero-order valence-corrected chi connectivity index (χ0v) is 25.6. The number of para-hydroxylation sites is 4. The predicted octanol–water partition coefficient (Wildman–Crippen LogP) is 11.0. The molecular formula is C42H30N4. The smallest absolute Gasteiger partial charge is 0.0992 e. The average molecular weight is 591 g/mol. The summed E-state index contributed by atoms with van der Waals surface area (Å²) in [4.78, 5) is 4.53. The van der Waals surface area contributed by atoms with Crippen molar-refractivity contribution >= 4 is 34.1 Å². The molecule has 0 amide bonds. The van der Waals surface area contributed by atoms with E-state index in [2.05, 4.69) is 145 Å². The Hall–Kier alpha value is -6.10. The minimum Gasteiger partial charge on any atom is -0.310 e. The summed E-state index contributed by atoms with van der Waals surface area (Å²) >= 11 is 0. The van der Waals surface area contributed by atoms with Gasteiger partial charge in [0.1, 0.15) is 0 Å². The lowest BCUT2D eigenvalue weighted by Gasteiger charge is -2.37. The van der Waals surface area contributed by atoms with Gasteiger partial charge >= 0.3 is 0 Å². The molecule has 8 rings (SSSR count). The SMILES string of the molecule is CC1c2ccccc2N(c2cc(C#N)cc(-c3cc(C#N)cc(N4c5ccccc5C(C)c5ccccc54)c3)c2)c2ccccc21. The second kappa shape index (κ2) is 10.8. The molecule has 0 radical (unpaired) electrons. The van der Waals surface area contributed by atoms with E-state index in [-0.39, 0.29) is 11.8 Å². The molecule has 0 unspecified atom stereocenters. The standard InChI is InChI=1S/C42H30N4/c1-27-35-11-3-7-15-39(35)45(40-16-8-4-12-36(27)40)33-21-29(25-43)19-31(23-33)32-20-30(26-44)22-34(24-32)46-41-17-9-5-13-37(41)28(2)38-14-6-10-18-42(38)46/h3-24,27-28H,1-2H3. The Morgan fingerprint density at radius 2 is 0.739 bits per heavy atom. The van der Waals surface area contributed by atoms with Crippen molar-refractivity contribution in [1.29, 1.82) is 10.5 Å². The van der Waals surface area contributed by atoms with Gasteiger partial charge in [0.25, 0.3) is 0 Å². The Labute approximate surface area is 269 Å². The van der Waals surface area contributed by atoms with Crippen LogP contribution in [0.4, 0.5) is 34.1 Å². The molecule has 2 aliphatic rings. The summed E-state index contributed by atoms with van der Waals surface area (Å²) < 4.78 is 0. The fourth-order valence-electron chi connectivity index (χ4n) is 7.32. The normalized spacial score (nSPS) is 13.6. The van der Waals surface area contributed by atoms with E-state index in [1.807, 2.05) is 24.3 Å². The summed E-state index contributed by atoms with van der Waals surface area (Å²) in [5.74, 6) is 0.491. The molecule has 0 aromatic heterocycles. The highest BCUT2D eigenvalue weighted by atomic mass is 15.2. The van der Waals surface area contributed by atoms with Gasteiger partial charge in [-0.3, -0.25) is 0 Å². The second-order valence-corrected chi connectivity index (χ2v) is 12.1. The van der Waals surface area contributed by atoms with E-state index in [1.54, 1.807) is 0 Å². The summed E-state index contributed by atoms with van der Waals surface area (Å²) in [5, 5.41) is 20.5. The molecule has 0 atom stereocenters. The predicted molar refractivity (Wildman–Crippen MR) is 186 cm³/mol. The number of rotatable bonds is 3. The van der Waals surface area contributed by atoms with E-state index in [9.17, 15) is 10.5 Å². The maximum Gasteiger partial charge on any atom is 0.0992 e. The molecule has 2 heterocycles. The Kier molecular flexibility index (Phi) is 6.45. The van der Waals surface area contributed by atoms with E-state index in [4.69, 9.17) is 0 Å². The third-order valence-electron chi connectivity index (χ3n) is 9.52. The molecule has 0 saturated heterocycles. The van der Waals surface area contributed by atoms with E-state index in [1.165, 1.54) is 22.3 Å². The number of anilines is 6. The summed E-state index contributed by atoms with van der Waals surface area (Å²) in [5.41, 5.74) is 14.1. The van der Waals surface area contributed by atoms with Crippen LogP contribution >= 0.6 is 0 Å². The molecule has 4 heteroatoms. The van der Waals surface area contributed by atoms with Crippen molar-refractivity contribution in [2.45, 2.75) is 25.7 Å². The summed E-state index contributed by atoms with van der Waals surface area (Å²) in [6.45, 7) is 4.50. The van der Waals surface area contributed by atoms with Crippen molar-refractivity contribution in [2.24, 2.45) is 0 Å². The first kappa shape index (κ1) is 27.4. The molecule has 4 nitrogen and oxygen atoms in total. The van der Waals surface area contributed by atoms with Crippen LogP contribution in [0.3, 0.4) is 0 Å². The van der Waals surface area contributed by atoms with Crippen LogP contribution < -0.4 is 9.80 Å². The molecule has 0 fully saturated rings. The average Bonchev–Trinajstić information content (AvgIpc) is 3.11. The zero-order valence-electron chi connectivity index (χ0n) is 25.6. The molecule has 2 aliphatic heterocycles. The van der Waals surface area contributed by atoms with Crippen molar-refractivity contribution in [1.82, 2.24) is 0 Å². The van der Waals surface area contributed by atoms with E-state index in [0.717, 1.165) is 45.3 Å². The van der Waals surface area contributed by atoms with Crippen molar-refractivity contribution in [2.75, 3.05) is 9.80 Å². The second-order valence-electron chi connectivity index (χ2n) is 12.1. The largest absolute Gasteiger partial charge is 0.310 e. The molecule has 6 aromatic carbocycles. The Balaban J connectivity index is 1.33. The Morgan fingerprint density at radius 1 is 0.435 bits per heavy atom. The van der Waals surface area contributed by atoms with E-state index >= 15 is 0 Å². The molecule has 218 valence electrons. The first-order chi connectivity index (χ1) is 22.6. The fourth-order valence-corrected chi connectivity index (χ4v) is 7.32. The molecule has 6 aromatic rings. The number of benzene rings is 6. The molecule has 0 N–H and O–H groups in total. The van der Waals surface area contributed by atoms with Gasteiger partial charge in [0, 0.05) is 46.0 Å². The van der Waals surface area contributed by atoms with Crippen LogP contribution in [0.1, 0.15) is 59.1 Å². The molecule has 0 bridgehead atoms. The van der Waals surface area contributed by atoms with E-state index in [0.29, 0.717) is 11.1 Å². The third-order valence-corrected chi connectivity index (χ3v) is 9.52. The van der Waals surface area contributed by atoms with Gasteiger partial charge in [-0.25, -0.2) is 0 Å². The monoisotopic (exact) mass is 590 g/mol. The first-order valence-electron chi connectivity index (χ1n) is 15.6. The first-order valence-corrected chi connectivity index (χ1v) is 15.6. The van der Waals surface area contributed by atoms with Crippen LogP contribution in [0.25, 0.3) is 11.1 Å². The molecule has 0 aliphatic carbocycles. The molecular weight excluding hydrogens is 560 g/mol. The summed E-state index contributed by atoms with van der Waals surface area (Å²) in [7, 11) is 0. The summed E-state index contributed by atoms with van der Waals surface area (Å²) in [6, 6.07) is 50.9. The van der Waals surface area contributed by atoms with Crippen LogP contribution in [-0.4, -0.2) is 0 Å².